The molecule has 1 aromatic heterocycles. The van der Waals surface area contributed by atoms with Gasteiger partial charge in [0.15, 0.2) is 0 Å². The van der Waals surface area contributed by atoms with E-state index in [0.717, 1.165) is 16.5 Å². The molecule has 1 fully saturated rings. The molecule has 0 amide bonds. The molecule has 3 rings (SSSR count). The maximum atomic E-state index is 6.01. The molecule has 2 N–H and O–H groups in total. The Morgan fingerprint density at radius 3 is 2.74 bits per heavy atom. The number of nitrogens with two attached hydrogens (primary N) is 1. The van der Waals surface area contributed by atoms with E-state index < -0.39 is 0 Å². The summed E-state index contributed by atoms with van der Waals surface area (Å²) >= 11 is 1.60. The molecule has 1 heterocycles. The van der Waals surface area contributed by atoms with Crippen LogP contribution < -0.4 is 5.73 Å². The second-order valence-corrected chi connectivity index (χ2v) is 5.86. The highest BCUT2D eigenvalue weighted by Gasteiger charge is 2.28. The number of nitrogens with zero attached hydrogens (tertiary/aromatic N) is 4. The average Bonchev–Trinajstić information content (AvgIpc) is 3.19. The number of hydrogen-bond donors (Lipinski definition) is 1. The van der Waals surface area contributed by atoms with Gasteiger partial charge in [-0.1, -0.05) is 19.1 Å². The van der Waals surface area contributed by atoms with Crippen LogP contribution in [-0.4, -0.2) is 20.2 Å². The normalized spacial score (nSPS) is 16.5. The predicted octanol–water partition coefficient (Wildman–Crippen LogP) is 2.57. The standard InChI is InChI=1S/C13H17N5S/c1-2-12(14)9-3-7-11(8-4-9)19-13-15-16-17-18(13)10-5-6-10/h3-4,7-8,10,12H,2,5-6,14H2,1H3/t12-/m1/s1. The van der Waals surface area contributed by atoms with Crippen LogP contribution in [0.5, 0.6) is 0 Å². The summed E-state index contributed by atoms with van der Waals surface area (Å²) in [7, 11) is 0. The maximum absolute atomic E-state index is 6.01. The van der Waals surface area contributed by atoms with E-state index in [-0.39, 0.29) is 6.04 Å². The lowest BCUT2D eigenvalue weighted by atomic mass is 10.1. The van der Waals surface area contributed by atoms with Crippen molar-refractivity contribution in [3.05, 3.63) is 29.8 Å². The summed E-state index contributed by atoms with van der Waals surface area (Å²) in [6, 6.07) is 8.97. The fourth-order valence-electron chi connectivity index (χ4n) is 1.93. The number of aromatic nitrogens is 4. The fourth-order valence-corrected chi connectivity index (χ4v) is 2.76. The van der Waals surface area contributed by atoms with Gasteiger partial charge in [-0.15, -0.1) is 5.10 Å². The van der Waals surface area contributed by atoms with Crippen molar-refractivity contribution in [3.8, 4) is 0 Å². The highest BCUT2D eigenvalue weighted by Crippen LogP contribution is 2.38. The van der Waals surface area contributed by atoms with E-state index in [9.17, 15) is 0 Å². The van der Waals surface area contributed by atoms with Crippen molar-refractivity contribution in [2.24, 2.45) is 5.73 Å². The topological polar surface area (TPSA) is 69.6 Å². The van der Waals surface area contributed by atoms with Gasteiger partial charge >= 0.3 is 0 Å². The zero-order chi connectivity index (χ0) is 13.2. The average molecular weight is 275 g/mol. The van der Waals surface area contributed by atoms with Crippen molar-refractivity contribution in [3.63, 3.8) is 0 Å². The van der Waals surface area contributed by atoms with E-state index in [4.69, 9.17) is 5.73 Å². The van der Waals surface area contributed by atoms with Gasteiger partial charge in [-0.3, -0.25) is 0 Å². The molecule has 6 heteroatoms. The smallest absolute Gasteiger partial charge is 0.214 e. The first-order chi connectivity index (χ1) is 9.28. The molecule has 0 unspecified atom stereocenters. The number of tetrazole rings is 1. The minimum atomic E-state index is 0.121. The summed E-state index contributed by atoms with van der Waals surface area (Å²) in [5, 5.41) is 12.8. The summed E-state index contributed by atoms with van der Waals surface area (Å²) in [5.41, 5.74) is 7.18. The zero-order valence-electron chi connectivity index (χ0n) is 10.9. The van der Waals surface area contributed by atoms with Crippen LogP contribution in [0.2, 0.25) is 0 Å². The Labute approximate surface area is 116 Å². The zero-order valence-corrected chi connectivity index (χ0v) is 11.7. The summed E-state index contributed by atoms with van der Waals surface area (Å²) in [6.07, 6.45) is 3.32. The second kappa shape index (κ2) is 5.30. The molecule has 1 aliphatic rings. The number of benzene rings is 1. The fraction of sp³-hybridized carbons (Fsp3) is 0.462. The van der Waals surface area contributed by atoms with Gasteiger partial charge in [0.2, 0.25) is 5.16 Å². The highest BCUT2D eigenvalue weighted by atomic mass is 32.2. The van der Waals surface area contributed by atoms with E-state index >= 15 is 0 Å². The third-order valence-corrected chi connectivity index (χ3v) is 4.27. The van der Waals surface area contributed by atoms with Crippen LogP contribution >= 0.6 is 11.8 Å². The Balaban J connectivity index is 1.74. The van der Waals surface area contributed by atoms with Crippen LogP contribution in [0.15, 0.2) is 34.3 Å². The molecule has 2 aromatic rings. The predicted molar refractivity (Wildman–Crippen MR) is 73.9 cm³/mol. The Morgan fingerprint density at radius 2 is 2.11 bits per heavy atom. The molecule has 0 saturated heterocycles. The molecular formula is C13H17N5S. The van der Waals surface area contributed by atoms with Gasteiger partial charge in [0.1, 0.15) is 0 Å². The third kappa shape index (κ3) is 2.79. The van der Waals surface area contributed by atoms with Crippen LogP contribution in [0.1, 0.15) is 43.8 Å². The van der Waals surface area contributed by atoms with E-state index in [2.05, 4.69) is 46.7 Å². The van der Waals surface area contributed by atoms with Gasteiger partial charge in [-0.25, -0.2) is 4.68 Å². The van der Waals surface area contributed by atoms with Crippen molar-refractivity contribution < 1.29 is 0 Å². The number of hydrogen-bond acceptors (Lipinski definition) is 5. The Morgan fingerprint density at radius 1 is 1.37 bits per heavy atom. The molecule has 5 nitrogen and oxygen atoms in total. The van der Waals surface area contributed by atoms with Crippen LogP contribution in [0.3, 0.4) is 0 Å². The largest absolute Gasteiger partial charge is 0.324 e. The lowest BCUT2D eigenvalue weighted by molar-refractivity contribution is 0.565. The second-order valence-electron chi connectivity index (χ2n) is 4.82. The molecule has 0 spiro atoms. The molecule has 100 valence electrons. The first-order valence-electron chi connectivity index (χ1n) is 6.59. The Bertz CT molecular complexity index is 546. The summed E-state index contributed by atoms with van der Waals surface area (Å²) in [4.78, 5) is 1.14. The first-order valence-corrected chi connectivity index (χ1v) is 7.41. The molecule has 0 bridgehead atoms. The van der Waals surface area contributed by atoms with Crippen molar-refractivity contribution in [1.82, 2.24) is 20.2 Å². The first kappa shape index (κ1) is 12.6. The number of rotatable bonds is 5. The Hall–Kier alpha value is -1.40. The highest BCUT2D eigenvalue weighted by molar-refractivity contribution is 7.99. The lowest BCUT2D eigenvalue weighted by Gasteiger charge is -2.09. The third-order valence-electron chi connectivity index (χ3n) is 3.31. The van der Waals surface area contributed by atoms with E-state index in [1.54, 1.807) is 11.8 Å². The SMILES string of the molecule is CC[C@@H](N)c1ccc(Sc2nnnn2C2CC2)cc1. The molecule has 1 aromatic carbocycles. The van der Waals surface area contributed by atoms with Crippen LogP contribution in [0.25, 0.3) is 0 Å². The molecule has 1 aliphatic carbocycles. The quantitative estimate of drug-likeness (QED) is 0.908. The van der Waals surface area contributed by atoms with Crippen molar-refractivity contribution >= 4 is 11.8 Å². The molecular weight excluding hydrogens is 258 g/mol. The molecule has 19 heavy (non-hydrogen) atoms. The van der Waals surface area contributed by atoms with E-state index in [1.807, 2.05) is 4.68 Å². The monoisotopic (exact) mass is 275 g/mol. The molecule has 0 radical (unpaired) electrons. The summed E-state index contributed by atoms with van der Waals surface area (Å²) < 4.78 is 1.93. The van der Waals surface area contributed by atoms with Crippen molar-refractivity contribution in [2.75, 3.05) is 0 Å². The van der Waals surface area contributed by atoms with Crippen LogP contribution in [-0.2, 0) is 0 Å². The van der Waals surface area contributed by atoms with Gasteiger partial charge in [-0.05, 0) is 59.1 Å². The summed E-state index contributed by atoms with van der Waals surface area (Å²) in [6.45, 7) is 2.09. The molecule has 0 aliphatic heterocycles. The minimum absolute atomic E-state index is 0.121. The summed E-state index contributed by atoms with van der Waals surface area (Å²) in [5.74, 6) is 0. The Kier molecular flexibility index (Phi) is 3.52. The van der Waals surface area contributed by atoms with Gasteiger partial charge in [0.25, 0.3) is 0 Å². The minimum Gasteiger partial charge on any atom is -0.324 e. The van der Waals surface area contributed by atoms with Crippen molar-refractivity contribution in [2.45, 2.75) is 48.3 Å². The van der Waals surface area contributed by atoms with Gasteiger partial charge in [0, 0.05) is 10.9 Å². The molecule has 1 atom stereocenters. The van der Waals surface area contributed by atoms with Gasteiger partial charge in [-0.2, -0.15) is 0 Å². The van der Waals surface area contributed by atoms with Crippen LogP contribution in [0, 0.1) is 0 Å². The van der Waals surface area contributed by atoms with Gasteiger partial charge in [0.05, 0.1) is 6.04 Å². The van der Waals surface area contributed by atoms with E-state index in [1.165, 1.54) is 18.4 Å². The molecule has 1 saturated carbocycles. The van der Waals surface area contributed by atoms with Crippen molar-refractivity contribution in [1.29, 1.82) is 0 Å². The van der Waals surface area contributed by atoms with Crippen LogP contribution in [0.4, 0.5) is 0 Å². The van der Waals surface area contributed by atoms with E-state index in [0.29, 0.717) is 6.04 Å². The maximum Gasteiger partial charge on any atom is 0.214 e. The lowest BCUT2D eigenvalue weighted by Crippen LogP contribution is -2.08. The van der Waals surface area contributed by atoms with Gasteiger partial charge < -0.3 is 5.73 Å².